The number of para-hydroxylation sites is 1. The first-order chi connectivity index (χ1) is 13.7. The van der Waals surface area contributed by atoms with Crippen molar-refractivity contribution in [1.82, 2.24) is 15.3 Å². The van der Waals surface area contributed by atoms with Crippen LogP contribution >= 0.6 is 0 Å². The highest BCUT2D eigenvalue weighted by atomic mass is 16.5. The third-order valence-electron chi connectivity index (χ3n) is 5.19. The molecule has 1 aromatic heterocycles. The molecule has 3 rings (SSSR count). The molecule has 0 aliphatic carbocycles. The van der Waals surface area contributed by atoms with Gasteiger partial charge in [0.15, 0.2) is 5.82 Å². The Morgan fingerprint density at radius 1 is 1.18 bits per heavy atom. The summed E-state index contributed by atoms with van der Waals surface area (Å²) in [6.45, 7) is 6.51. The van der Waals surface area contributed by atoms with Crippen LogP contribution in [0, 0.1) is 12.8 Å². The number of aromatic nitrogens is 2. The molecular weight excluding hydrogens is 352 g/mol. The van der Waals surface area contributed by atoms with Gasteiger partial charge in [0, 0.05) is 37.9 Å². The number of hydrogen-bond acceptors (Lipinski definition) is 5. The predicted molar refractivity (Wildman–Crippen MR) is 111 cm³/mol. The van der Waals surface area contributed by atoms with E-state index in [4.69, 9.17) is 4.74 Å². The number of nitrogens with one attached hydrogen (secondary N) is 1. The molecule has 0 bridgehead atoms. The van der Waals surface area contributed by atoms with Crippen LogP contribution in [0.3, 0.4) is 0 Å². The lowest BCUT2D eigenvalue weighted by atomic mass is 9.96. The van der Waals surface area contributed by atoms with E-state index in [0.717, 1.165) is 62.4 Å². The van der Waals surface area contributed by atoms with Crippen LogP contribution in [0.5, 0.6) is 11.6 Å². The van der Waals surface area contributed by atoms with Crippen molar-refractivity contribution in [3.05, 3.63) is 42.2 Å². The van der Waals surface area contributed by atoms with Gasteiger partial charge >= 0.3 is 0 Å². The van der Waals surface area contributed by atoms with Crippen LogP contribution in [0.1, 0.15) is 44.6 Å². The second-order valence-electron chi connectivity index (χ2n) is 7.31. The van der Waals surface area contributed by atoms with Crippen LogP contribution in [-0.2, 0) is 4.79 Å². The highest BCUT2D eigenvalue weighted by molar-refractivity contribution is 5.79. The molecule has 1 fully saturated rings. The summed E-state index contributed by atoms with van der Waals surface area (Å²) >= 11 is 0. The van der Waals surface area contributed by atoms with E-state index in [9.17, 15) is 4.79 Å². The van der Waals surface area contributed by atoms with Gasteiger partial charge < -0.3 is 15.0 Å². The molecule has 1 saturated heterocycles. The van der Waals surface area contributed by atoms with Crippen molar-refractivity contribution in [2.24, 2.45) is 5.92 Å². The second kappa shape index (κ2) is 10.1. The Morgan fingerprint density at radius 3 is 2.68 bits per heavy atom. The minimum Gasteiger partial charge on any atom is -0.436 e. The van der Waals surface area contributed by atoms with Gasteiger partial charge in [0.05, 0.1) is 0 Å². The molecule has 0 spiro atoms. The van der Waals surface area contributed by atoms with Crippen LogP contribution in [0.25, 0.3) is 0 Å². The van der Waals surface area contributed by atoms with Crippen molar-refractivity contribution in [3.8, 4) is 11.6 Å². The zero-order chi connectivity index (χ0) is 19.8. The van der Waals surface area contributed by atoms with E-state index in [1.807, 2.05) is 31.2 Å². The summed E-state index contributed by atoms with van der Waals surface area (Å²) in [6, 6.07) is 7.87. The van der Waals surface area contributed by atoms with Gasteiger partial charge in [-0.1, -0.05) is 38.0 Å². The van der Waals surface area contributed by atoms with Crippen molar-refractivity contribution in [2.45, 2.75) is 46.0 Å². The normalized spacial score (nSPS) is 14.7. The first-order valence-corrected chi connectivity index (χ1v) is 10.3. The van der Waals surface area contributed by atoms with Gasteiger partial charge in [-0.25, -0.2) is 9.97 Å². The molecule has 1 aliphatic heterocycles. The average molecular weight is 383 g/mol. The quantitative estimate of drug-likeness (QED) is 0.696. The third-order valence-corrected chi connectivity index (χ3v) is 5.19. The number of piperidine rings is 1. The number of aryl methyl sites for hydroxylation is 1. The van der Waals surface area contributed by atoms with Crippen LogP contribution in [-0.4, -0.2) is 35.5 Å². The molecule has 0 unspecified atom stereocenters. The molecular formula is C22H30N4O2. The van der Waals surface area contributed by atoms with E-state index >= 15 is 0 Å². The summed E-state index contributed by atoms with van der Waals surface area (Å²) < 4.78 is 6.05. The number of carbonyl (C=O) groups excluding carboxylic acids is 1. The van der Waals surface area contributed by atoms with Gasteiger partial charge in [-0.15, -0.1) is 0 Å². The molecule has 6 nitrogen and oxygen atoms in total. The Bertz CT molecular complexity index is 773. The fraction of sp³-hybridized carbons (Fsp3) is 0.500. The Hall–Kier alpha value is -2.63. The van der Waals surface area contributed by atoms with E-state index in [1.165, 1.54) is 6.42 Å². The molecule has 28 heavy (non-hydrogen) atoms. The Morgan fingerprint density at radius 2 is 1.93 bits per heavy atom. The lowest BCUT2D eigenvalue weighted by molar-refractivity contribution is -0.125. The molecule has 2 aromatic rings. The molecule has 1 N–H and O–H groups in total. The van der Waals surface area contributed by atoms with Gasteiger partial charge in [-0.05, 0) is 37.8 Å². The van der Waals surface area contributed by atoms with Gasteiger partial charge in [0.1, 0.15) is 5.75 Å². The highest BCUT2D eigenvalue weighted by Crippen LogP contribution is 2.32. The molecule has 150 valence electrons. The van der Waals surface area contributed by atoms with Gasteiger partial charge in [0.2, 0.25) is 5.91 Å². The number of rotatable bonds is 8. The van der Waals surface area contributed by atoms with E-state index in [2.05, 4.69) is 27.1 Å². The zero-order valence-corrected chi connectivity index (χ0v) is 16.9. The van der Waals surface area contributed by atoms with E-state index in [-0.39, 0.29) is 11.8 Å². The maximum Gasteiger partial charge on any atom is 0.263 e. The van der Waals surface area contributed by atoms with E-state index in [1.54, 1.807) is 12.4 Å². The monoisotopic (exact) mass is 382 g/mol. The van der Waals surface area contributed by atoms with Gasteiger partial charge in [-0.3, -0.25) is 4.79 Å². The smallest absolute Gasteiger partial charge is 0.263 e. The fourth-order valence-corrected chi connectivity index (χ4v) is 3.47. The average Bonchev–Trinajstić information content (AvgIpc) is 2.73. The summed E-state index contributed by atoms with van der Waals surface area (Å²) in [6.07, 6.45) is 8.36. The molecule has 1 aromatic carbocycles. The highest BCUT2D eigenvalue weighted by Gasteiger charge is 2.27. The van der Waals surface area contributed by atoms with Crippen LogP contribution in [0.15, 0.2) is 36.7 Å². The van der Waals surface area contributed by atoms with Gasteiger partial charge in [-0.2, -0.15) is 0 Å². The summed E-state index contributed by atoms with van der Waals surface area (Å²) in [4.78, 5) is 23.4. The summed E-state index contributed by atoms with van der Waals surface area (Å²) in [5.41, 5.74) is 1.05. The fourth-order valence-electron chi connectivity index (χ4n) is 3.47. The van der Waals surface area contributed by atoms with Crippen molar-refractivity contribution in [1.29, 1.82) is 0 Å². The lowest BCUT2D eigenvalue weighted by Gasteiger charge is -2.32. The van der Waals surface area contributed by atoms with Crippen LogP contribution in [0.2, 0.25) is 0 Å². The molecule has 1 amide bonds. The number of nitrogens with zero attached hydrogens (tertiary/aromatic N) is 3. The van der Waals surface area contributed by atoms with Crippen molar-refractivity contribution < 1.29 is 9.53 Å². The van der Waals surface area contributed by atoms with E-state index in [0.29, 0.717) is 5.88 Å². The van der Waals surface area contributed by atoms with Crippen molar-refractivity contribution in [3.63, 3.8) is 0 Å². The topological polar surface area (TPSA) is 67.4 Å². The Balaban J connectivity index is 1.59. The summed E-state index contributed by atoms with van der Waals surface area (Å²) in [5.74, 6) is 2.30. The minimum absolute atomic E-state index is 0.0790. The lowest BCUT2D eigenvalue weighted by Crippen LogP contribution is -2.41. The number of ether oxygens (including phenoxy) is 1. The molecule has 0 radical (unpaired) electrons. The summed E-state index contributed by atoms with van der Waals surface area (Å²) in [5, 5.41) is 3.08. The van der Waals surface area contributed by atoms with Crippen molar-refractivity contribution >= 4 is 11.7 Å². The van der Waals surface area contributed by atoms with Crippen LogP contribution in [0.4, 0.5) is 5.82 Å². The number of carbonyl (C=O) groups is 1. The largest absolute Gasteiger partial charge is 0.436 e. The first-order valence-electron chi connectivity index (χ1n) is 10.3. The maximum absolute atomic E-state index is 12.4. The standard InChI is InChI=1S/C22H30N4O2/c1-3-4-7-12-24-21(27)18-10-15-26(16-11-18)20-22(25-14-13-23-20)28-19-9-6-5-8-17(19)2/h5-6,8-9,13-14,18H,3-4,7,10-12,15-16H2,1-2H3,(H,24,27). The molecule has 6 heteroatoms. The molecule has 0 saturated carbocycles. The molecule has 2 heterocycles. The summed E-state index contributed by atoms with van der Waals surface area (Å²) in [7, 11) is 0. The predicted octanol–water partition coefficient (Wildman–Crippen LogP) is 4.10. The number of anilines is 1. The number of benzene rings is 1. The second-order valence-corrected chi connectivity index (χ2v) is 7.31. The Labute approximate surface area is 167 Å². The van der Waals surface area contributed by atoms with Crippen LogP contribution < -0.4 is 15.0 Å². The number of unbranched alkanes of at least 4 members (excludes halogenated alkanes) is 2. The zero-order valence-electron chi connectivity index (χ0n) is 16.9. The number of amides is 1. The SMILES string of the molecule is CCCCCNC(=O)C1CCN(c2nccnc2Oc2ccccc2C)CC1. The van der Waals surface area contributed by atoms with Gasteiger partial charge in [0.25, 0.3) is 5.88 Å². The molecule has 1 aliphatic rings. The van der Waals surface area contributed by atoms with Crippen molar-refractivity contribution in [2.75, 3.05) is 24.5 Å². The first kappa shape index (κ1) is 20.1. The van der Waals surface area contributed by atoms with E-state index < -0.39 is 0 Å². The Kier molecular flexibility index (Phi) is 7.23. The third kappa shape index (κ3) is 5.21. The maximum atomic E-state index is 12.4. The molecule has 0 atom stereocenters. The minimum atomic E-state index is 0.0790. The number of hydrogen-bond donors (Lipinski definition) is 1.